The molecular weight excluding hydrogens is 298 g/mol. The zero-order valence-corrected chi connectivity index (χ0v) is 13.7. The molecule has 120 valence electrons. The molecule has 0 saturated carbocycles. The molecule has 0 aliphatic rings. The van der Waals surface area contributed by atoms with Gasteiger partial charge in [0, 0.05) is 11.3 Å². The Labute approximate surface area is 141 Å². The van der Waals surface area contributed by atoms with Crippen molar-refractivity contribution >= 4 is 11.6 Å². The van der Waals surface area contributed by atoms with E-state index in [4.69, 9.17) is 4.74 Å². The highest BCUT2D eigenvalue weighted by Gasteiger charge is 2.10. The number of carbonyl (C=O) groups is 1. The lowest BCUT2D eigenvalue weighted by atomic mass is 10.1. The fourth-order valence-corrected chi connectivity index (χ4v) is 2.52. The highest BCUT2D eigenvalue weighted by molar-refractivity contribution is 6.05. The number of hydrogen-bond acceptors (Lipinski definition) is 2. The highest BCUT2D eigenvalue weighted by Crippen LogP contribution is 2.24. The Morgan fingerprint density at radius 2 is 1.42 bits per heavy atom. The van der Waals surface area contributed by atoms with Gasteiger partial charge in [0.25, 0.3) is 5.91 Å². The van der Waals surface area contributed by atoms with Gasteiger partial charge in [0.1, 0.15) is 11.5 Å². The topological polar surface area (TPSA) is 38.3 Å². The van der Waals surface area contributed by atoms with E-state index in [-0.39, 0.29) is 5.91 Å². The molecule has 3 aromatic rings. The highest BCUT2D eigenvalue weighted by atomic mass is 16.5. The molecule has 0 spiro atoms. The molecule has 3 heteroatoms. The van der Waals surface area contributed by atoms with Crippen molar-refractivity contribution in [1.82, 2.24) is 0 Å². The van der Waals surface area contributed by atoms with E-state index in [2.05, 4.69) is 5.32 Å². The van der Waals surface area contributed by atoms with Gasteiger partial charge >= 0.3 is 0 Å². The molecule has 0 fully saturated rings. The lowest BCUT2D eigenvalue weighted by Gasteiger charge is -2.12. The summed E-state index contributed by atoms with van der Waals surface area (Å²) in [4.78, 5) is 12.6. The number of nitrogens with one attached hydrogen (secondary N) is 1. The summed E-state index contributed by atoms with van der Waals surface area (Å²) in [5.74, 6) is 1.23. The number of ether oxygens (including phenoxy) is 1. The Hall–Kier alpha value is -3.07. The Morgan fingerprint density at radius 1 is 0.792 bits per heavy atom. The smallest absolute Gasteiger partial charge is 0.255 e. The lowest BCUT2D eigenvalue weighted by molar-refractivity contribution is 0.102. The van der Waals surface area contributed by atoms with Gasteiger partial charge in [0.15, 0.2) is 0 Å². The molecule has 0 heterocycles. The van der Waals surface area contributed by atoms with Gasteiger partial charge in [-0.15, -0.1) is 0 Å². The molecule has 0 aliphatic heterocycles. The lowest BCUT2D eigenvalue weighted by Crippen LogP contribution is -2.13. The van der Waals surface area contributed by atoms with Crippen LogP contribution >= 0.6 is 0 Å². The monoisotopic (exact) mass is 317 g/mol. The second-order valence-corrected chi connectivity index (χ2v) is 5.66. The van der Waals surface area contributed by atoms with Crippen LogP contribution in [0.5, 0.6) is 11.5 Å². The summed E-state index contributed by atoms with van der Waals surface area (Å²) in [7, 11) is 0. The minimum atomic E-state index is -0.147. The van der Waals surface area contributed by atoms with Gasteiger partial charge in [0.2, 0.25) is 0 Å². The maximum absolute atomic E-state index is 12.6. The normalized spacial score (nSPS) is 10.2. The molecule has 1 N–H and O–H groups in total. The van der Waals surface area contributed by atoms with Gasteiger partial charge in [0.05, 0.1) is 0 Å². The van der Waals surface area contributed by atoms with E-state index in [0.717, 1.165) is 22.6 Å². The van der Waals surface area contributed by atoms with Crippen LogP contribution in [-0.4, -0.2) is 5.91 Å². The van der Waals surface area contributed by atoms with E-state index in [0.29, 0.717) is 11.3 Å². The van der Waals surface area contributed by atoms with Crippen molar-refractivity contribution in [2.45, 2.75) is 13.8 Å². The van der Waals surface area contributed by atoms with Crippen LogP contribution in [-0.2, 0) is 0 Å². The molecule has 24 heavy (non-hydrogen) atoms. The molecule has 3 rings (SSSR count). The third-order valence-corrected chi connectivity index (χ3v) is 3.79. The van der Waals surface area contributed by atoms with E-state index in [1.165, 1.54) is 0 Å². The van der Waals surface area contributed by atoms with E-state index in [9.17, 15) is 4.79 Å². The first-order chi connectivity index (χ1) is 11.6. The first-order valence-electron chi connectivity index (χ1n) is 7.84. The molecule has 3 nitrogen and oxygen atoms in total. The van der Waals surface area contributed by atoms with Crippen LogP contribution in [0.2, 0.25) is 0 Å². The molecule has 3 aromatic carbocycles. The van der Waals surface area contributed by atoms with Crippen molar-refractivity contribution in [3.63, 3.8) is 0 Å². The van der Waals surface area contributed by atoms with Gasteiger partial charge in [-0.1, -0.05) is 42.5 Å². The minimum Gasteiger partial charge on any atom is -0.457 e. The van der Waals surface area contributed by atoms with Crippen LogP contribution in [0.15, 0.2) is 72.8 Å². The Kier molecular flexibility index (Phi) is 4.62. The largest absolute Gasteiger partial charge is 0.457 e. The zero-order valence-electron chi connectivity index (χ0n) is 13.7. The van der Waals surface area contributed by atoms with Crippen molar-refractivity contribution in [2.24, 2.45) is 0 Å². The summed E-state index contributed by atoms with van der Waals surface area (Å²) < 4.78 is 5.79. The van der Waals surface area contributed by atoms with Crippen LogP contribution in [0.3, 0.4) is 0 Å². The summed E-state index contributed by atoms with van der Waals surface area (Å²) in [5.41, 5.74) is 3.50. The Morgan fingerprint density at radius 3 is 2.12 bits per heavy atom. The van der Waals surface area contributed by atoms with Gasteiger partial charge in [-0.05, 0) is 55.3 Å². The van der Waals surface area contributed by atoms with E-state index >= 15 is 0 Å². The number of carbonyl (C=O) groups excluding carboxylic acids is 1. The van der Waals surface area contributed by atoms with Crippen LogP contribution in [0, 0.1) is 13.8 Å². The number of anilines is 1. The van der Waals surface area contributed by atoms with Crippen molar-refractivity contribution in [3.05, 3.63) is 89.5 Å². The number of para-hydroxylation sites is 2. The van der Waals surface area contributed by atoms with E-state index < -0.39 is 0 Å². The van der Waals surface area contributed by atoms with Crippen LogP contribution in [0.4, 0.5) is 5.69 Å². The molecule has 0 unspecified atom stereocenters. The fraction of sp³-hybridized carbons (Fsp3) is 0.0952. The maximum Gasteiger partial charge on any atom is 0.255 e. The summed E-state index contributed by atoms with van der Waals surface area (Å²) in [6.45, 7) is 3.97. The van der Waals surface area contributed by atoms with Crippen LogP contribution < -0.4 is 10.1 Å². The van der Waals surface area contributed by atoms with Crippen molar-refractivity contribution in [2.75, 3.05) is 5.32 Å². The molecule has 0 bridgehead atoms. The van der Waals surface area contributed by atoms with Gasteiger partial charge in [-0.25, -0.2) is 0 Å². The van der Waals surface area contributed by atoms with Gasteiger partial charge in [-0.2, -0.15) is 0 Å². The Bertz CT molecular complexity index is 836. The number of rotatable bonds is 4. The molecule has 0 saturated heterocycles. The predicted octanol–water partition coefficient (Wildman–Crippen LogP) is 5.35. The molecule has 1 amide bonds. The second-order valence-electron chi connectivity index (χ2n) is 5.66. The van der Waals surface area contributed by atoms with E-state index in [1.807, 2.05) is 74.5 Å². The molecular formula is C21H19NO2. The average molecular weight is 317 g/mol. The van der Waals surface area contributed by atoms with E-state index in [1.54, 1.807) is 12.1 Å². The summed E-state index contributed by atoms with van der Waals surface area (Å²) in [6.07, 6.45) is 0. The third kappa shape index (κ3) is 3.63. The summed E-state index contributed by atoms with van der Waals surface area (Å²) in [5, 5.41) is 2.99. The van der Waals surface area contributed by atoms with Crippen LogP contribution in [0.1, 0.15) is 21.5 Å². The minimum absolute atomic E-state index is 0.147. The molecule has 0 aliphatic carbocycles. The van der Waals surface area contributed by atoms with Crippen molar-refractivity contribution in [1.29, 1.82) is 0 Å². The number of amides is 1. The fourth-order valence-electron chi connectivity index (χ4n) is 2.52. The molecule has 0 radical (unpaired) electrons. The SMILES string of the molecule is Cc1cccc(C)c1NC(=O)c1cccc(Oc2ccccc2)c1. The standard InChI is InChI=1S/C21H19NO2/c1-15-8-6-9-16(2)20(15)22-21(23)17-10-7-13-19(14-17)24-18-11-4-3-5-12-18/h3-14H,1-2H3,(H,22,23). The third-order valence-electron chi connectivity index (χ3n) is 3.79. The molecule has 0 atom stereocenters. The summed E-state index contributed by atoms with van der Waals surface area (Å²) >= 11 is 0. The van der Waals surface area contributed by atoms with Crippen LogP contribution in [0.25, 0.3) is 0 Å². The zero-order chi connectivity index (χ0) is 16.9. The number of aryl methyl sites for hydroxylation is 2. The van der Waals surface area contributed by atoms with Gasteiger partial charge < -0.3 is 10.1 Å². The first kappa shape index (κ1) is 15.8. The summed E-state index contributed by atoms with van der Waals surface area (Å²) in [6, 6.07) is 22.6. The van der Waals surface area contributed by atoms with Gasteiger partial charge in [-0.3, -0.25) is 4.79 Å². The first-order valence-corrected chi connectivity index (χ1v) is 7.84. The molecule has 0 aromatic heterocycles. The maximum atomic E-state index is 12.6. The average Bonchev–Trinajstić information content (AvgIpc) is 2.59. The van der Waals surface area contributed by atoms with Crippen molar-refractivity contribution < 1.29 is 9.53 Å². The Balaban J connectivity index is 1.80. The number of benzene rings is 3. The number of hydrogen-bond donors (Lipinski definition) is 1. The second kappa shape index (κ2) is 7.01. The van der Waals surface area contributed by atoms with Crippen molar-refractivity contribution in [3.8, 4) is 11.5 Å². The predicted molar refractivity (Wildman–Crippen MR) is 96.8 cm³/mol. The quantitative estimate of drug-likeness (QED) is 0.704.